The normalized spacial score (nSPS) is 13.3. The van der Waals surface area contributed by atoms with E-state index in [2.05, 4.69) is 20.4 Å². The van der Waals surface area contributed by atoms with Crippen molar-refractivity contribution < 1.29 is 17.9 Å². The molecule has 3 heterocycles. The molecule has 0 aliphatic heterocycles. The number of halogens is 1. The van der Waals surface area contributed by atoms with Crippen LogP contribution in [0.3, 0.4) is 0 Å². The number of benzene rings is 1. The maximum absolute atomic E-state index is 13.3. The zero-order valence-electron chi connectivity index (χ0n) is 18.0. The monoisotopic (exact) mass is 467 g/mol. The maximum Gasteiger partial charge on any atom is 0.192 e. The number of allylic oxidation sites excluding steroid dienone is 1. The van der Waals surface area contributed by atoms with Crippen molar-refractivity contribution in [1.82, 2.24) is 25.1 Å². The summed E-state index contributed by atoms with van der Waals surface area (Å²) in [5.74, 6) is -0.334. The van der Waals surface area contributed by atoms with E-state index in [1.165, 1.54) is 24.4 Å². The van der Waals surface area contributed by atoms with E-state index < -0.39 is 15.9 Å². The topological polar surface area (TPSA) is 110 Å². The molecule has 0 spiro atoms. The van der Waals surface area contributed by atoms with Crippen LogP contribution >= 0.6 is 0 Å². The van der Waals surface area contributed by atoms with Gasteiger partial charge in [0.25, 0.3) is 0 Å². The third-order valence-corrected chi connectivity index (χ3v) is 6.18. The van der Waals surface area contributed by atoms with E-state index >= 15 is 0 Å². The first kappa shape index (κ1) is 22.6. The maximum atomic E-state index is 13.3. The molecule has 2 N–H and O–H groups in total. The number of nitrogens with zero attached hydrogens (tertiary/aromatic N) is 4. The fourth-order valence-corrected chi connectivity index (χ4v) is 4.13. The van der Waals surface area contributed by atoms with Crippen LogP contribution in [0.5, 0.6) is 0 Å². The summed E-state index contributed by atoms with van der Waals surface area (Å²) in [6.07, 6.45) is 9.39. The van der Waals surface area contributed by atoms with Gasteiger partial charge in [0, 0.05) is 35.3 Å². The molecule has 4 rings (SSSR count). The van der Waals surface area contributed by atoms with Crippen LogP contribution in [-0.2, 0) is 9.84 Å². The van der Waals surface area contributed by atoms with E-state index in [0.29, 0.717) is 16.9 Å². The zero-order chi connectivity index (χ0) is 23.6. The van der Waals surface area contributed by atoms with Crippen LogP contribution in [0, 0.1) is 5.82 Å². The second kappa shape index (κ2) is 9.08. The Morgan fingerprint density at radius 2 is 1.97 bits per heavy atom. The third kappa shape index (κ3) is 4.62. The third-order valence-electron chi connectivity index (χ3n) is 5.20. The average Bonchev–Trinajstić information content (AvgIpc) is 3.24. The Kier molecular flexibility index (Phi) is 6.21. The van der Waals surface area contributed by atoms with Crippen LogP contribution in [-0.4, -0.2) is 46.1 Å². The van der Waals surface area contributed by atoms with Crippen LogP contribution in [0.2, 0.25) is 0 Å². The lowest BCUT2D eigenvalue weighted by atomic mass is 10.1. The van der Waals surface area contributed by atoms with E-state index in [9.17, 15) is 17.9 Å². The van der Waals surface area contributed by atoms with Gasteiger partial charge in [-0.1, -0.05) is 6.08 Å². The highest BCUT2D eigenvalue weighted by molar-refractivity contribution is 7.90. The van der Waals surface area contributed by atoms with Crippen LogP contribution < -0.4 is 5.32 Å². The fourth-order valence-electron chi connectivity index (χ4n) is 3.53. The van der Waals surface area contributed by atoms with Gasteiger partial charge in [0.15, 0.2) is 14.9 Å². The second-order valence-corrected chi connectivity index (χ2v) is 9.40. The SMILES string of the molecule is CC=C(NC(CO)c1ccnc(S(C)(=O)=O)c1)c1cncc2c1cnn2-c1ccc(F)cc1. The van der Waals surface area contributed by atoms with Crippen LogP contribution in [0.15, 0.2) is 72.3 Å². The summed E-state index contributed by atoms with van der Waals surface area (Å²) < 4.78 is 38.8. The molecule has 0 saturated heterocycles. The summed E-state index contributed by atoms with van der Waals surface area (Å²) in [6.45, 7) is 1.57. The first-order valence-electron chi connectivity index (χ1n) is 10.1. The quantitative estimate of drug-likeness (QED) is 0.430. The largest absolute Gasteiger partial charge is 0.394 e. The molecule has 0 fully saturated rings. The number of nitrogens with one attached hydrogen (secondary N) is 1. The minimum absolute atomic E-state index is 0.0633. The minimum atomic E-state index is -3.49. The van der Waals surface area contributed by atoms with Gasteiger partial charge in [-0.05, 0) is 48.9 Å². The Balaban J connectivity index is 1.71. The molecule has 1 atom stereocenters. The van der Waals surface area contributed by atoms with Crippen molar-refractivity contribution in [3.63, 3.8) is 0 Å². The van der Waals surface area contributed by atoms with Gasteiger partial charge in [0.2, 0.25) is 0 Å². The number of hydrogen-bond acceptors (Lipinski definition) is 7. The summed E-state index contributed by atoms with van der Waals surface area (Å²) in [5.41, 5.74) is 3.43. The molecule has 0 aliphatic rings. The van der Waals surface area contributed by atoms with Crippen molar-refractivity contribution in [1.29, 1.82) is 0 Å². The highest BCUT2D eigenvalue weighted by atomic mass is 32.2. The van der Waals surface area contributed by atoms with Crippen LogP contribution in [0.1, 0.15) is 24.1 Å². The van der Waals surface area contributed by atoms with E-state index in [1.54, 1.807) is 41.5 Å². The Morgan fingerprint density at radius 3 is 2.64 bits per heavy atom. The number of rotatable bonds is 7. The zero-order valence-corrected chi connectivity index (χ0v) is 18.8. The Bertz CT molecular complexity index is 1430. The standard InChI is InChI=1S/C23H22FN5O3S/c1-3-20(28-21(14-30)15-8-9-26-23(10-15)33(2,31)32)18-11-25-13-22-19(18)12-27-29(22)17-6-4-16(24)5-7-17/h3-13,21,28,30H,14H2,1-2H3. The molecular formula is C23H22FN5O3S. The Hall–Kier alpha value is -3.63. The molecule has 0 bridgehead atoms. The average molecular weight is 468 g/mol. The van der Waals surface area contributed by atoms with Gasteiger partial charge in [-0.15, -0.1) is 0 Å². The molecule has 0 aliphatic carbocycles. The van der Waals surface area contributed by atoms with Gasteiger partial charge in [-0.3, -0.25) is 4.98 Å². The van der Waals surface area contributed by atoms with E-state index in [4.69, 9.17) is 0 Å². The van der Waals surface area contributed by atoms with Crippen LogP contribution in [0.25, 0.3) is 22.3 Å². The summed E-state index contributed by atoms with van der Waals surface area (Å²) in [6, 6.07) is 8.52. The summed E-state index contributed by atoms with van der Waals surface area (Å²) in [4.78, 5) is 8.25. The highest BCUT2D eigenvalue weighted by Gasteiger charge is 2.18. The first-order chi connectivity index (χ1) is 15.8. The van der Waals surface area contributed by atoms with Gasteiger partial charge < -0.3 is 10.4 Å². The summed E-state index contributed by atoms with van der Waals surface area (Å²) >= 11 is 0. The Morgan fingerprint density at radius 1 is 1.21 bits per heavy atom. The molecule has 0 radical (unpaired) electrons. The molecular weight excluding hydrogens is 445 g/mol. The predicted molar refractivity (Wildman–Crippen MR) is 123 cm³/mol. The predicted octanol–water partition coefficient (Wildman–Crippen LogP) is 3.04. The fraction of sp³-hybridized carbons (Fsp3) is 0.174. The molecule has 1 unspecified atom stereocenters. The minimum Gasteiger partial charge on any atom is -0.394 e. The second-order valence-electron chi connectivity index (χ2n) is 7.43. The molecule has 0 saturated carbocycles. The van der Waals surface area contributed by atoms with Crippen molar-refractivity contribution in [2.24, 2.45) is 0 Å². The van der Waals surface area contributed by atoms with Gasteiger partial charge in [-0.2, -0.15) is 5.10 Å². The first-order valence-corrected chi connectivity index (χ1v) is 12.0. The lowest BCUT2D eigenvalue weighted by Crippen LogP contribution is -2.23. The summed E-state index contributed by atoms with van der Waals surface area (Å²) in [5, 5.41) is 18.5. The van der Waals surface area contributed by atoms with E-state index in [1.807, 2.05) is 13.0 Å². The number of aliphatic hydroxyl groups excluding tert-OH is 1. The van der Waals surface area contributed by atoms with Crippen LogP contribution in [0.4, 0.5) is 4.39 Å². The number of sulfone groups is 1. The lowest BCUT2D eigenvalue weighted by Gasteiger charge is -2.21. The van der Waals surface area contributed by atoms with Crippen molar-refractivity contribution >= 4 is 26.4 Å². The van der Waals surface area contributed by atoms with Crippen molar-refractivity contribution in [3.8, 4) is 5.69 Å². The van der Waals surface area contributed by atoms with Crippen molar-refractivity contribution in [2.45, 2.75) is 18.0 Å². The van der Waals surface area contributed by atoms with Crippen molar-refractivity contribution in [3.05, 3.63) is 84.2 Å². The number of aromatic nitrogens is 4. The van der Waals surface area contributed by atoms with Crippen molar-refractivity contribution in [2.75, 3.05) is 12.9 Å². The van der Waals surface area contributed by atoms with E-state index in [0.717, 1.165) is 22.7 Å². The lowest BCUT2D eigenvalue weighted by molar-refractivity contribution is 0.256. The molecule has 0 amide bonds. The molecule has 3 aromatic heterocycles. The molecule has 170 valence electrons. The number of hydrogen-bond donors (Lipinski definition) is 2. The van der Waals surface area contributed by atoms with Gasteiger partial charge in [0.1, 0.15) is 5.82 Å². The number of pyridine rings is 2. The number of aliphatic hydroxyl groups is 1. The smallest absolute Gasteiger partial charge is 0.192 e. The highest BCUT2D eigenvalue weighted by Crippen LogP contribution is 2.27. The van der Waals surface area contributed by atoms with Gasteiger partial charge in [0.05, 0.1) is 36.2 Å². The van der Waals surface area contributed by atoms with Gasteiger partial charge >= 0.3 is 0 Å². The Labute approximate surface area is 190 Å². The summed E-state index contributed by atoms with van der Waals surface area (Å²) in [7, 11) is -3.49. The molecule has 8 nitrogen and oxygen atoms in total. The molecule has 33 heavy (non-hydrogen) atoms. The molecule has 10 heteroatoms. The molecule has 4 aromatic rings. The molecule has 1 aromatic carbocycles. The number of fused-ring (bicyclic) bond motifs is 1. The van der Waals surface area contributed by atoms with Gasteiger partial charge in [-0.25, -0.2) is 22.5 Å². The van der Waals surface area contributed by atoms with E-state index in [-0.39, 0.29) is 17.5 Å².